The first kappa shape index (κ1) is 16.3. The Bertz CT molecular complexity index is 282. The summed E-state index contributed by atoms with van der Waals surface area (Å²) in [6.07, 6.45) is 4.33. The van der Waals surface area contributed by atoms with E-state index >= 15 is 0 Å². The van der Waals surface area contributed by atoms with Gasteiger partial charge < -0.3 is 15.4 Å². The SMILES string of the molecule is CCC(CN)C1CCCCN(C(=O)OC(C)(C)C)C1. The molecule has 1 aliphatic rings. The van der Waals surface area contributed by atoms with Crippen LogP contribution in [0.4, 0.5) is 4.79 Å². The Labute approximate surface area is 117 Å². The molecule has 0 aromatic rings. The van der Waals surface area contributed by atoms with Gasteiger partial charge in [-0.2, -0.15) is 0 Å². The molecule has 0 saturated carbocycles. The highest BCUT2D eigenvalue weighted by atomic mass is 16.6. The van der Waals surface area contributed by atoms with Crippen LogP contribution in [-0.2, 0) is 4.74 Å². The maximum atomic E-state index is 12.2. The summed E-state index contributed by atoms with van der Waals surface area (Å²) in [5, 5.41) is 0. The first-order valence-corrected chi connectivity index (χ1v) is 7.55. The van der Waals surface area contributed by atoms with E-state index in [0.29, 0.717) is 18.4 Å². The van der Waals surface area contributed by atoms with Gasteiger partial charge >= 0.3 is 6.09 Å². The number of carbonyl (C=O) groups is 1. The van der Waals surface area contributed by atoms with Gasteiger partial charge in [-0.15, -0.1) is 0 Å². The minimum atomic E-state index is -0.420. The molecule has 4 heteroatoms. The normalized spacial score (nSPS) is 22.8. The third-order valence-corrected chi connectivity index (χ3v) is 3.85. The van der Waals surface area contributed by atoms with Crippen LogP contribution < -0.4 is 5.73 Å². The fourth-order valence-corrected chi connectivity index (χ4v) is 2.74. The lowest BCUT2D eigenvalue weighted by Gasteiger charge is -2.31. The molecule has 2 atom stereocenters. The van der Waals surface area contributed by atoms with Gasteiger partial charge in [-0.1, -0.05) is 19.8 Å². The summed E-state index contributed by atoms with van der Waals surface area (Å²) >= 11 is 0. The molecule has 1 rings (SSSR count). The van der Waals surface area contributed by atoms with Crippen molar-refractivity contribution in [3.8, 4) is 0 Å². The van der Waals surface area contributed by atoms with Crippen molar-refractivity contribution in [2.45, 2.75) is 59.0 Å². The molecule has 1 aliphatic heterocycles. The molecule has 19 heavy (non-hydrogen) atoms. The lowest BCUT2D eigenvalue weighted by molar-refractivity contribution is 0.0218. The van der Waals surface area contributed by atoms with Gasteiger partial charge in [0.15, 0.2) is 0 Å². The molecule has 4 nitrogen and oxygen atoms in total. The largest absolute Gasteiger partial charge is 0.444 e. The van der Waals surface area contributed by atoms with Crippen molar-refractivity contribution in [1.82, 2.24) is 4.90 Å². The van der Waals surface area contributed by atoms with Gasteiger partial charge in [-0.05, 0) is 52.0 Å². The lowest BCUT2D eigenvalue weighted by Crippen LogP contribution is -2.41. The first-order chi connectivity index (χ1) is 8.87. The number of hydrogen-bond acceptors (Lipinski definition) is 3. The highest BCUT2D eigenvalue weighted by molar-refractivity contribution is 5.68. The summed E-state index contributed by atoms with van der Waals surface area (Å²) in [6, 6.07) is 0. The van der Waals surface area contributed by atoms with E-state index in [-0.39, 0.29) is 6.09 Å². The molecule has 0 spiro atoms. The molecule has 0 aliphatic carbocycles. The second kappa shape index (κ2) is 7.13. The minimum absolute atomic E-state index is 0.175. The number of nitrogens with two attached hydrogens (primary N) is 1. The predicted molar refractivity (Wildman–Crippen MR) is 78.0 cm³/mol. The number of carbonyl (C=O) groups excluding carboxylic acids is 1. The van der Waals surface area contributed by atoms with Gasteiger partial charge in [0.2, 0.25) is 0 Å². The predicted octanol–water partition coefficient (Wildman–Crippen LogP) is 3.01. The lowest BCUT2D eigenvalue weighted by atomic mass is 9.86. The maximum absolute atomic E-state index is 12.2. The molecular formula is C15H30N2O2. The molecule has 1 heterocycles. The topological polar surface area (TPSA) is 55.6 Å². The van der Waals surface area contributed by atoms with Crippen LogP contribution in [0, 0.1) is 11.8 Å². The van der Waals surface area contributed by atoms with Gasteiger partial charge in [-0.25, -0.2) is 4.79 Å². The molecule has 2 N–H and O–H groups in total. The number of ether oxygens (including phenoxy) is 1. The fraction of sp³-hybridized carbons (Fsp3) is 0.933. The number of rotatable bonds is 3. The van der Waals surface area contributed by atoms with Gasteiger partial charge in [0.1, 0.15) is 5.60 Å². The molecular weight excluding hydrogens is 240 g/mol. The van der Waals surface area contributed by atoms with Crippen LogP contribution in [-0.4, -0.2) is 36.2 Å². The van der Waals surface area contributed by atoms with Crippen molar-refractivity contribution in [3.63, 3.8) is 0 Å². The van der Waals surface area contributed by atoms with Crippen LogP contribution in [0.15, 0.2) is 0 Å². The molecule has 1 fully saturated rings. The number of nitrogens with zero attached hydrogens (tertiary/aromatic N) is 1. The molecule has 0 aromatic carbocycles. The molecule has 0 aromatic heterocycles. The minimum Gasteiger partial charge on any atom is -0.444 e. The smallest absolute Gasteiger partial charge is 0.410 e. The van der Waals surface area contributed by atoms with E-state index in [9.17, 15) is 4.79 Å². The summed E-state index contributed by atoms with van der Waals surface area (Å²) in [7, 11) is 0. The summed E-state index contributed by atoms with van der Waals surface area (Å²) in [5.41, 5.74) is 5.43. The Hall–Kier alpha value is -0.770. The highest BCUT2D eigenvalue weighted by Gasteiger charge is 2.29. The van der Waals surface area contributed by atoms with Crippen LogP contribution in [0.25, 0.3) is 0 Å². The standard InChI is InChI=1S/C15H30N2O2/c1-5-12(10-16)13-8-6-7-9-17(11-13)14(18)19-15(2,3)4/h12-13H,5-11,16H2,1-4H3. The Kier molecular flexibility index (Phi) is 6.11. The third-order valence-electron chi connectivity index (χ3n) is 3.85. The van der Waals surface area contributed by atoms with Gasteiger partial charge in [-0.3, -0.25) is 0 Å². The van der Waals surface area contributed by atoms with Crippen LogP contribution in [0.1, 0.15) is 53.4 Å². The van der Waals surface area contributed by atoms with Crippen LogP contribution >= 0.6 is 0 Å². The van der Waals surface area contributed by atoms with Gasteiger partial charge in [0, 0.05) is 13.1 Å². The van der Waals surface area contributed by atoms with Gasteiger partial charge in [0.25, 0.3) is 0 Å². The van der Waals surface area contributed by atoms with E-state index in [2.05, 4.69) is 6.92 Å². The van der Waals surface area contributed by atoms with E-state index in [1.54, 1.807) is 0 Å². The summed E-state index contributed by atoms with van der Waals surface area (Å²) < 4.78 is 5.48. The van der Waals surface area contributed by atoms with Crippen molar-refractivity contribution >= 4 is 6.09 Å². The molecule has 112 valence electrons. The van der Waals surface area contributed by atoms with Crippen molar-refractivity contribution < 1.29 is 9.53 Å². The average Bonchev–Trinajstić information content (AvgIpc) is 2.54. The van der Waals surface area contributed by atoms with Crippen molar-refractivity contribution in [1.29, 1.82) is 0 Å². The van der Waals surface area contributed by atoms with E-state index in [1.807, 2.05) is 25.7 Å². The molecule has 0 bridgehead atoms. The fourth-order valence-electron chi connectivity index (χ4n) is 2.74. The molecule has 2 unspecified atom stereocenters. The number of hydrogen-bond donors (Lipinski definition) is 1. The van der Waals surface area contributed by atoms with E-state index in [1.165, 1.54) is 12.8 Å². The van der Waals surface area contributed by atoms with E-state index < -0.39 is 5.60 Å². The van der Waals surface area contributed by atoms with E-state index in [4.69, 9.17) is 10.5 Å². The zero-order valence-corrected chi connectivity index (χ0v) is 12.9. The first-order valence-electron chi connectivity index (χ1n) is 7.55. The zero-order valence-electron chi connectivity index (χ0n) is 12.9. The van der Waals surface area contributed by atoms with Crippen LogP contribution in [0.2, 0.25) is 0 Å². The van der Waals surface area contributed by atoms with Crippen LogP contribution in [0.3, 0.4) is 0 Å². The van der Waals surface area contributed by atoms with Crippen molar-refractivity contribution in [3.05, 3.63) is 0 Å². The average molecular weight is 270 g/mol. The Morgan fingerprint density at radius 3 is 2.63 bits per heavy atom. The second-order valence-corrected chi connectivity index (χ2v) is 6.59. The highest BCUT2D eigenvalue weighted by Crippen LogP contribution is 2.26. The Morgan fingerprint density at radius 1 is 1.42 bits per heavy atom. The van der Waals surface area contributed by atoms with Crippen LogP contribution in [0.5, 0.6) is 0 Å². The summed E-state index contributed by atoms with van der Waals surface area (Å²) in [6.45, 7) is 10.2. The Balaban J connectivity index is 2.65. The van der Waals surface area contributed by atoms with E-state index in [0.717, 1.165) is 25.9 Å². The summed E-state index contributed by atoms with van der Waals surface area (Å²) in [5.74, 6) is 1.04. The third kappa shape index (κ3) is 5.39. The molecule has 1 amide bonds. The Morgan fingerprint density at radius 2 is 2.11 bits per heavy atom. The zero-order chi connectivity index (χ0) is 14.5. The van der Waals surface area contributed by atoms with Crippen molar-refractivity contribution in [2.75, 3.05) is 19.6 Å². The molecule has 0 radical (unpaired) electrons. The maximum Gasteiger partial charge on any atom is 0.410 e. The number of amides is 1. The monoisotopic (exact) mass is 270 g/mol. The second-order valence-electron chi connectivity index (χ2n) is 6.59. The molecule has 1 saturated heterocycles. The summed E-state index contributed by atoms with van der Waals surface area (Å²) in [4.78, 5) is 14.1. The van der Waals surface area contributed by atoms with Gasteiger partial charge in [0.05, 0.1) is 0 Å². The quantitative estimate of drug-likeness (QED) is 0.857. The number of likely N-dealkylation sites (tertiary alicyclic amines) is 1. The van der Waals surface area contributed by atoms with Crippen molar-refractivity contribution in [2.24, 2.45) is 17.6 Å².